The topological polar surface area (TPSA) is 164 Å². The molecule has 3 aromatic rings. The maximum Gasteiger partial charge on any atom is 0.269 e. The molecule has 4 rings (SSSR count). The van der Waals surface area contributed by atoms with E-state index in [2.05, 4.69) is 11.5 Å². The summed E-state index contributed by atoms with van der Waals surface area (Å²) in [5, 5.41) is 22.2. The number of hydrogen-bond donors (Lipinski definition) is 0. The molecular weight excluding hydrogens is 610 g/mol. The van der Waals surface area contributed by atoms with Gasteiger partial charge in [0.25, 0.3) is 11.4 Å². The Balaban J connectivity index is 1.64. The highest BCUT2D eigenvalue weighted by Crippen LogP contribution is 2.24. The maximum absolute atomic E-state index is 13.7. The van der Waals surface area contributed by atoms with Crippen molar-refractivity contribution in [2.45, 2.75) is 29.2 Å². The molecule has 1 aliphatic rings. The number of nitro benzene ring substituents is 2. The van der Waals surface area contributed by atoms with Crippen LogP contribution in [0.15, 0.2) is 101 Å². The zero-order valence-electron chi connectivity index (χ0n) is 23.9. The van der Waals surface area contributed by atoms with Crippen LogP contribution in [-0.2, 0) is 26.6 Å². The van der Waals surface area contributed by atoms with Gasteiger partial charge in [-0.3, -0.25) is 25.1 Å². The SMILES string of the molecule is C=C1CN(S(=O)(=O)c2ccc([N+](=O)[O-])cc2)CCCN(Cc2ccccc2)CCCN(S(=O)(=O)c2ccc([N+](=O)[O-])cc2)C1. The lowest BCUT2D eigenvalue weighted by Crippen LogP contribution is -2.41. The third-order valence-electron chi connectivity index (χ3n) is 7.18. The van der Waals surface area contributed by atoms with Gasteiger partial charge in [0.15, 0.2) is 0 Å². The molecule has 15 heteroatoms. The predicted octanol–water partition coefficient (Wildman–Crippen LogP) is 4.04. The lowest BCUT2D eigenvalue weighted by molar-refractivity contribution is -0.385. The summed E-state index contributed by atoms with van der Waals surface area (Å²) in [6.07, 6.45) is 0.967. The van der Waals surface area contributed by atoms with Gasteiger partial charge < -0.3 is 0 Å². The van der Waals surface area contributed by atoms with E-state index in [4.69, 9.17) is 0 Å². The summed E-state index contributed by atoms with van der Waals surface area (Å²) in [6, 6.07) is 18.9. The summed E-state index contributed by atoms with van der Waals surface area (Å²) in [4.78, 5) is 22.8. The number of rotatable bonds is 8. The Hall–Kier alpha value is -4.02. The van der Waals surface area contributed by atoms with Gasteiger partial charge in [-0.1, -0.05) is 36.9 Å². The molecule has 1 aliphatic heterocycles. The molecule has 1 heterocycles. The number of non-ortho nitro benzene ring substituents is 2. The van der Waals surface area contributed by atoms with Crippen LogP contribution in [0.3, 0.4) is 0 Å². The molecule has 1 saturated heterocycles. The highest BCUT2D eigenvalue weighted by Gasteiger charge is 2.30. The van der Waals surface area contributed by atoms with E-state index in [9.17, 15) is 37.1 Å². The van der Waals surface area contributed by atoms with Crippen molar-refractivity contribution in [2.75, 3.05) is 39.3 Å². The first-order valence-corrected chi connectivity index (χ1v) is 16.7. The molecule has 0 atom stereocenters. The second-order valence-corrected chi connectivity index (χ2v) is 14.3. The van der Waals surface area contributed by atoms with Crippen LogP contribution in [0.2, 0.25) is 0 Å². The molecule has 0 saturated carbocycles. The minimum atomic E-state index is -4.12. The molecule has 3 aromatic carbocycles. The smallest absolute Gasteiger partial charge is 0.269 e. The number of sulfonamides is 2. The molecule has 0 spiro atoms. The fourth-order valence-electron chi connectivity index (χ4n) is 4.95. The van der Waals surface area contributed by atoms with Crippen molar-refractivity contribution >= 4 is 31.4 Å². The van der Waals surface area contributed by atoms with Crippen molar-refractivity contribution in [3.63, 3.8) is 0 Å². The summed E-state index contributed by atoms with van der Waals surface area (Å²) in [6.45, 7) is 5.51. The van der Waals surface area contributed by atoms with Gasteiger partial charge in [-0.25, -0.2) is 16.8 Å². The lowest BCUT2D eigenvalue weighted by Gasteiger charge is -2.30. The van der Waals surface area contributed by atoms with Crippen LogP contribution in [0.5, 0.6) is 0 Å². The van der Waals surface area contributed by atoms with Crippen molar-refractivity contribution in [1.82, 2.24) is 13.5 Å². The van der Waals surface area contributed by atoms with E-state index in [0.29, 0.717) is 38.0 Å². The van der Waals surface area contributed by atoms with E-state index in [1.54, 1.807) is 0 Å². The molecule has 44 heavy (non-hydrogen) atoms. The van der Waals surface area contributed by atoms with Crippen molar-refractivity contribution in [1.29, 1.82) is 0 Å². The zero-order chi connectivity index (χ0) is 31.9. The molecule has 0 radical (unpaired) electrons. The van der Waals surface area contributed by atoms with Crippen molar-refractivity contribution in [2.24, 2.45) is 0 Å². The minimum Gasteiger partial charge on any atom is -0.299 e. The second kappa shape index (κ2) is 14.2. The summed E-state index contributed by atoms with van der Waals surface area (Å²) in [7, 11) is -8.24. The van der Waals surface area contributed by atoms with Crippen LogP contribution in [0.25, 0.3) is 0 Å². The van der Waals surface area contributed by atoms with Crippen LogP contribution in [0.1, 0.15) is 18.4 Å². The minimum absolute atomic E-state index is 0.110. The molecule has 1 fully saturated rings. The van der Waals surface area contributed by atoms with Gasteiger partial charge in [0.2, 0.25) is 20.0 Å². The maximum atomic E-state index is 13.7. The first-order valence-electron chi connectivity index (χ1n) is 13.8. The molecule has 0 bridgehead atoms. The van der Waals surface area contributed by atoms with E-state index in [0.717, 1.165) is 29.8 Å². The molecule has 0 unspecified atom stereocenters. The average Bonchev–Trinajstić information content (AvgIpc) is 2.99. The fourth-order valence-corrected chi connectivity index (χ4v) is 7.95. The molecule has 0 amide bonds. The number of nitro groups is 2. The quantitative estimate of drug-likeness (QED) is 0.200. The highest BCUT2D eigenvalue weighted by atomic mass is 32.2. The van der Waals surface area contributed by atoms with Crippen molar-refractivity contribution in [3.8, 4) is 0 Å². The van der Waals surface area contributed by atoms with Gasteiger partial charge in [0.05, 0.1) is 19.6 Å². The van der Waals surface area contributed by atoms with Gasteiger partial charge in [0.1, 0.15) is 0 Å². The lowest BCUT2D eigenvalue weighted by atomic mass is 10.2. The van der Waals surface area contributed by atoms with Crippen LogP contribution in [-0.4, -0.2) is 79.5 Å². The Bertz CT molecular complexity index is 1590. The second-order valence-electron chi connectivity index (χ2n) is 10.4. The number of hydrogen-bond acceptors (Lipinski definition) is 9. The summed E-state index contributed by atoms with van der Waals surface area (Å²) in [5.74, 6) is 0. The Labute approximate surface area is 256 Å². The summed E-state index contributed by atoms with van der Waals surface area (Å²) >= 11 is 0. The first-order chi connectivity index (χ1) is 20.9. The van der Waals surface area contributed by atoms with Gasteiger partial charge in [0, 0.05) is 57.0 Å². The standard InChI is InChI=1S/C29H33N5O8S2/c1-24-21-31(43(39,40)28-13-9-26(10-14-28)33(35)36)19-5-17-30(23-25-7-3-2-4-8-25)18-6-20-32(22-24)44(41,42)29-15-11-27(12-16-29)34(37)38/h2-4,7-16H,1,5-6,17-23H2. The monoisotopic (exact) mass is 643 g/mol. The predicted molar refractivity (Wildman–Crippen MR) is 164 cm³/mol. The molecule has 13 nitrogen and oxygen atoms in total. The Morgan fingerprint density at radius 3 is 1.43 bits per heavy atom. The first kappa shape index (κ1) is 32.9. The fraction of sp³-hybridized carbons (Fsp3) is 0.310. The summed E-state index contributed by atoms with van der Waals surface area (Å²) in [5.41, 5.74) is 0.887. The normalized spacial score (nSPS) is 17.0. The molecule has 0 aliphatic carbocycles. The van der Waals surface area contributed by atoms with Gasteiger partial charge >= 0.3 is 0 Å². The molecule has 0 N–H and O–H groups in total. The van der Waals surface area contributed by atoms with Crippen LogP contribution >= 0.6 is 0 Å². The molecule has 0 aromatic heterocycles. The number of nitrogens with zero attached hydrogens (tertiary/aromatic N) is 5. The van der Waals surface area contributed by atoms with Gasteiger partial charge in [-0.15, -0.1) is 0 Å². The summed E-state index contributed by atoms with van der Waals surface area (Å²) < 4.78 is 57.3. The van der Waals surface area contributed by atoms with Crippen molar-refractivity contribution < 1.29 is 26.7 Å². The van der Waals surface area contributed by atoms with E-state index in [-0.39, 0.29) is 47.3 Å². The van der Waals surface area contributed by atoms with Crippen LogP contribution < -0.4 is 0 Å². The van der Waals surface area contributed by atoms with Gasteiger partial charge in [-0.05, 0) is 61.3 Å². The Morgan fingerprint density at radius 2 is 1.05 bits per heavy atom. The van der Waals surface area contributed by atoms with Crippen LogP contribution in [0.4, 0.5) is 11.4 Å². The largest absolute Gasteiger partial charge is 0.299 e. The van der Waals surface area contributed by atoms with E-state index >= 15 is 0 Å². The number of benzene rings is 3. The Morgan fingerprint density at radius 1 is 0.636 bits per heavy atom. The van der Waals surface area contributed by atoms with E-state index in [1.807, 2.05) is 30.3 Å². The van der Waals surface area contributed by atoms with E-state index in [1.165, 1.54) is 32.9 Å². The van der Waals surface area contributed by atoms with Crippen LogP contribution in [0, 0.1) is 20.2 Å². The third-order valence-corrected chi connectivity index (χ3v) is 10.9. The average molecular weight is 644 g/mol. The van der Waals surface area contributed by atoms with Gasteiger partial charge in [-0.2, -0.15) is 8.61 Å². The molecule has 234 valence electrons. The van der Waals surface area contributed by atoms with E-state index < -0.39 is 29.9 Å². The highest BCUT2D eigenvalue weighted by molar-refractivity contribution is 7.89. The molecular formula is C29H33N5O8S2. The Kier molecular flexibility index (Phi) is 10.6. The van der Waals surface area contributed by atoms with Crippen molar-refractivity contribution in [3.05, 3.63) is 117 Å². The zero-order valence-corrected chi connectivity index (χ0v) is 25.5. The third kappa shape index (κ3) is 8.12.